The predicted molar refractivity (Wildman–Crippen MR) is 187 cm³/mol. The Balaban J connectivity index is 4.46. The zero-order valence-corrected chi connectivity index (χ0v) is 31.0. The number of unbranched alkanes of at least 4 members (excludes halogenated alkanes) is 15. The number of hydrogen-bond acceptors (Lipinski definition) is 7. The molecular formula is C36H69NO8P+. The fourth-order valence-electron chi connectivity index (χ4n) is 4.59. The molecule has 0 rings (SSSR count). The van der Waals surface area contributed by atoms with Crippen LogP contribution < -0.4 is 0 Å². The molecule has 0 aromatic rings. The first-order valence-electron chi connectivity index (χ1n) is 18.1. The average Bonchev–Trinajstić information content (AvgIpc) is 2.99. The third-order valence-corrected chi connectivity index (χ3v) is 8.50. The Morgan fingerprint density at radius 3 is 1.70 bits per heavy atom. The van der Waals surface area contributed by atoms with Gasteiger partial charge in [0.15, 0.2) is 6.10 Å². The molecule has 0 spiro atoms. The van der Waals surface area contributed by atoms with Crippen molar-refractivity contribution >= 4 is 19.8 Å². The number of allylic oxidation sites excluding steroid dienone is 4. The van der Waals surface area contributed by atoms with E-state index in [0.29, 0.717) is 17.4 Å². The lowest BCUT2D eigenvalue weighted by Gasteiger charge is -2.24. The van der Waals surface area contributed by atoms with Gasteiger partial charge in [-0.25, -0.2) is 4.57 Å². The Labute approximate surface area is 281 Å². The molecular weight excluding hydrogens is 605 g/mol. The van der Waals surface area contributed by atoms with Gasteiger partial charge in [-0.15, -0.1) is 0 Å². The summed E-state index contributed by atoms with van der Waals surface area (Å²) in [7, 11) is 1.46. The Hall–Kier alpha value is -1.51. The highest BCUT2D eigenvalue weighted by molar-refractivity contribution is 7.47. The number of hydrogen-bond donors (Lipinski definition) is 1. The lowest BCUT2D eigenvalue weighted by Crippen LogP contribution is -2.37. The van der Waals surface area contributed by atoms with Gasteiger partial charge in [-0.1, -0.05) is 115 Å². The number of quaternary nitrogens is 1. The van der Waals surface area contributed by atoms with Crippen molar-refractivity contribution in [2.24, 2.45) is 0 Å². The molecule has 0 aromatic carbocycles. The maximum absolute atomic E-state index is 12.6. The van der Waals surface area contributed by atoms with Gasteiger partial charge in [-0.05, 0) is 38.5 Å². The summed E-state index contributed by atoms with van der Waals surface area (Å²) in [5, 5.41) is 0. The van der Waals surface area contributed by atoms with E-state index in [0.717, 1.165) is 57.8 Å². The van der Waals surface area contributed by atoms with Crippen LogP contribution in [0.25, 0.3) is 0 Å². The van der Waals surface area contributed by atoms with E-state index < -0.39 is 26.5 Å². The van der Waals surface area contributed by atoms with Gasteiger partial charge >= 0.3 is 19.8 Å². The second kappa shape index (κ2) is 29.6. The molecule has 0 aromatic heterocycles. The summed E-state index contributed by atoms with van der Waals surface area (Å²) in [6, 6.07) is 0. The number of carbonyl (C=O) groups is 2. The van der Waals surface area contributed by atoms with Gasteiger partial charge < -0.3 is 18.9 Å². The van der Waals surface area contributed by atoms with Gasteiger partial charge in [0.25, 0.3) is 0 Å². The van der Waals surface area contributed by atoms with Crippen molar-refractivity contribution in [1.29, 1.82) is 0 Å². The van der Waals surface area contributed by atoms with Crippen molar-refractivity contribution in [2.45, 2.75) is 148 Å². The number of phosphoric ester groups is 1. The minimum atomic E-state index is -4.36. The predicted octanol–water partition coefficient (Wildman–Crippen LogP) is 9.24. The largest absolute Gasteiger partial charge is 0.472 e. The van der Waals surface area contributed by atoms with E-state index in [1.54, 1.807) is 0 Å². The Bertz CT molecular complexity index is 855. The second-order valence-electron chi connectivity index (χ2n) is 13.3. The van der Waals surface area contributed by atoms with Crippen LogP contribution >= 0.6 is 7.82 Å². The van der Waals surface area contributed by atoms with Gasteiger partial charge in [0, 0.05) is 12.8 Å². The van der Waals surface area contributed by atoms with E-state index >= 15 is 0 Å². The first-order chi connectivity index (χ1) is 22.0. The number of rotatable bonds is 32. The third-order valence-electron chi connectivity index (χ3n) is 7.51. The quantitative estimate of drug-likeness (QED) is 0.0247. The van der Waals surface area contributed by atoms with Crippen molar-refractivity contribution in [3.63, 3.8) is 0 Å². The first kappa shape index (κ1) is 44.5. The second-order valence-corrected chi connectivity index (χ2v) is 14.7. The fourth-order valence-corrected chi connectivity index (χ4v) is 5.33. The smallest absolute Gasteiger partial charge is 0.462 e. The zero-order valence-electron chi connectivity index (χ0n) is 30.1. The molecule has 0 aliphatic heterocycles. The standard InChI is InChI=1S/C36H68NO8P/c1-6-8-10-12-14-15-16-17-18-19-20-21-23-25-27-29-36(39)45-34(33-44-46(40,41)43-31-30-37(3,4)5)32-42-35(38)28-26-24-22-13-11-9-7-2/h15-18,34H,6-14,19-33H2,1-5H3/p+1/b16-15+,18-17+/t34-/m1/s1. The SMILES string of the molecule is CCCCCC/C=C/C=C/CCCCCCCC(=O)O[C@H](COC(=O)CCCCCCCCC)COP(=O)(O)OCC[N+](C)(C)C. The maximum atomic E-state index is 12.6. The summed E-state index contributed by atoms with van der Waals surface area (Å²) in [6.45, 7) is 4.31. The molecule has 0 saturated carbocycles. The van der Waals surface area contributed by atoms with Crippen LogP contribution in [0, 0.1) is 0 Å². The number of phosphoric acid groups is 1. The molecule has 0 radical (unpaired) electrons. The first-order valence-corrected chi connectivity index (χ1v) is 19.6. The number of ether oxygens (including phenoxy) is 2. The van der Waals surface area contributed by atoms with E-state index in [1.807, 2.05) is 21.1 Å². The number of nitrogens with zero attached hydrogens (tertiary/aromatic N) is 1. The van der Waals surface area contributed by atoms with Crippen LogP contribution in [0.2, 0.25) is 0 Å². The molecule has 0 bridgehead atoms. The molecule has 1 N–H and O–H groups in total. The van der Waals surface area contributed by atoms with E-state index in [9.17, 15) is 19.0 Å². The third kappa shape index (κ3) is 32.4. The monoisotopic (exact) mass is 674 g/mol. The van der Waals surface area contributed by atoms with Crippen LogP contribution in [0.1, 0.15) is 142 Å². The number of likely N-dealkylation sites (N-methyl/N-ethyl adjacent to an activating group) is 1. The van der Waals surface area contributed by atoms with Crippen LogP contribution in [-0.2, 0) is 32.7 Å². The number of esters is 2. The lowest BCUT2D eigenvalue weighted by molar-refractivity contribution is -0.870. The Morgan fingerprint density at radius 2 is 1.15 bits per heavy atom. The highest BCUT2D eigenvalue weighted by Gasteiger charge is 2.27. The number of carbonyl (C=O) groups excluding carboxylic acids is 2. The van der Waals surface area contributed by atoms with E-state index in [-0.39, 0.29) is 32.0 Å². The summed E-state index contributed by atoms with van der Waals surface area (Å²) < 4.78 is 34.0. The van der Waals surface area contributed by atoms with Gasteiger partial charge in [0.1, 0.15) is 19.8 Å². The Morgan fingerprint density at radius 1 is 0.674 bits per heavy atom. The van der Waals surface area contributed by atoms with Crippen LogP contribution in [0.15, 0.2) is 24.3 Å². The summed E-state index contributed by atoms with van der Waals surface area (Å²) in [5.74, 6) is -0.825. The molecule has 46 heavy (non-hydrogen) atoms. The Kier molecular flexibility index (Phi) is 28.6. The molecule has 1 unspecified atom stereocenters. The van der Waals surface area contributed by atoms with Crippen molar-refractivity contribution in [3.05, 3.63) is 24.3 Å². The van der Waals surface area contributed by atoms with E-state index in [4.69, 9.17) is 18.5 Å². The molecule has 0 aliphatic carbocycles. The van der Waals surface area contributed by atoms with Crippen molar-refractivity contribution in [1.82, 2.24) is 0 Å². The summed E-state index contributed by atoms with van der Waals surface area (Å²) >= 11 is 0. The minimum Gasteiger partial charge on any atom is -0.462 e. The fraction of sp³-hybridized carbons (Fsp3) is 0.833. The molecule has 0 heterocycles. The van der Waals surface area contributed by atoms with E-state index in [1.165, 1.54) is 51.4 Å². The highest BCUT2D eigenvalue weighted by Crippen LogP contribution is 2.43. The van der Waals surface area contributed by atoms with E-state index in [2.05, 4.69) is 38.2 Å². The maximum Gasteiger partial charge on any atom is 0.472 e. The molecule has 0 amide bonds. The molecule has 270 valence electrons. The van der Waals surface area contributed by atoms with Gasteiger partial charge in [0.05, 0.1) is 27.7 Å². The molecule has 0 saturated heterocycles. The van der Waals surface area contributed by atoms with Crippen LogP contribution in [0.5, 0.6) is 0 Å². The molecule has 0 fully saturated rings. The highest BCUT2D eigenvalue weighted by atomic mass is 31.2. The van der Waals surface area contributed by atoms with Gasteiger partial charge in [0.2, 0.25) is 0 Å². The molecule has 9 nitrogen and oxygen atoms in total. The van der Waals surface area contributed by atoms with Crippen LogP contribution in [0.3, 0.4) is 0 Å². The van der Waals surface area contributed by atoms with Gasteiger partial charge in [-0.3, -0.25) is 18.6 Å². The van der Waals surface area contributed by atoms with Crippen LogP contribution in [0.4, 0.5) is 0 Å². The van der Waals surface area contributed by atoms with Crippen molar-refractivity contribution in [2.75, 3.05) is 47.5 Å². The zero-order chi connectivity index (χ0) is 34.4. The summed E-state index contributed by atoms with van der Waals surface area (Å²) in [5.41, 5.74) is 0. The summed E-state index contributed by atoms with van der Waals surface area (Å²) in [6.07, 6.45) is 28.1. The topological polar surface area (TPSA) is 108 Å². The average molecular weight is 675 g/mol. The molecule has 2 atom stereocenters. The molecule has 10 heteroatoms. The minimum absolute atomic E-state index is 0.0295. The molecule has 0 aliphatic rings. The normalized spacial score (nSPS) is 14.1. The lowest BCUT2D eigenvalue weighted by atomic mass is 10.1. The van der Waals surface area contributed by atoms with Crippen molar-refractivity contribution < 1.29 is 42.1 Å². The van der Waals surface area contributed by atoms with Gasteiger partial charge in [-0.2, -0.15) is 0 Å². The van der Waals surface area contributed by atoms with Crippen molar-refractivity contribution in [3.8, 4) is 0 Å². The summed E-state index contributed by atoms with van der Waals surface area (Å²) in [4.78, 5) is 34.9. The van der Waals surface area contributed by atoms with Crippen LogP contribution in [-0.4, -0.2) is 74.9 Å².